The second-order valence-corrected chi connectivity index (χ2v) is 8.70. The van der Waals surface area contributed by atoms with E-state index in [-0.39, 0.29) is 24.8 Å². The summed E-state index contributed by atoms with van der Waals surface area (Å²) in [5.41, 5.74) is 1.00. The SMILES string of the molecule is COc1ccc(C2=NN(C(=O)CN3C(=O)CC4(CCCC4)C3=O)[C@@H](c3ccco3)C2)cc1. The molecule has 1 aromatic heterocycles. The number of nitrogens with zero attached hydrogens (tertiary/aromatic N) is 3. The predicted molar refractivity (Wildman–Crippen MR) is 115 cm³/mol. The van der Waals surface area contributed by atoms with Crippen LogP contribution in [-0.2, 0) is 14.4 Å². The Labute approximate surface area is 185 Å². The van der Waals surface area contributed by atoms with Gasteiger partial charge in [0.2, 0.25) is 11.8 Å². The molecule has 1 atom stereocenters. The Morgan fingerprint density at radius 1 is 1.19 bits per heavy atom. The van der Waals surface area contributed by atoms with Crippen molar-refractivity contribution in [3.05, 3.63) is 54.0 Å². The summed E-state index contributed by atoms with van der Waals surface area (Å²) in [5, 5.41) is 5.94. The molecule has 8 heteroatoms. The Hall–Kier alpha value is -3.42. The summed E-state index contributed by atoms with van der Waals surface area (Å²) < 4.78 is 10.8. The quantitative estimate of drug-likeness (QED) is 0.672. The molecule has 2 fully saturated rings. The molecule has 8 nitrogen and oxygen atoms in total. The van der Waals surface area contributed by atoms with Crippen LogP contribution in [-0.4, -0.2) is 47.0 Å². The molecule has 0 radical (unpaired) electrons. The Bertz CT molecular complexity index is 1070. The van der Waals surface area contributed by atoms with Crippen molar-refractivity contribution >= 4 is 23.4 Å². The second-order valence-electron chi connectivity index (χ2n) is 8.70. The average molecular weight is 435 g/mol. The van der Waals surface area contributed by atoms with Crippen molar-refractivity contribution in [1.29, 1.82) is 0 Å². The van der Waals surface area contributed by atoms with Crippen molar-refractivity contribution < 1.29 is 23.5 Å². The Morgan fingerprint density at radius 3 is 2.59 bits per heavy atom. The van der Waals surface area contributed by atoms with E-state index < -0.39 is 17.4 Å². The molecular formula is C24H25N3O5. The molecule has 2 aromatic rings. The molecule has 3 aliphatic rings. The number of benzene rings is 1. The average Bonchev–Trinajstić information content (AvgIpc) is 3.59. The van der Waals surface area contributed by atoms with E-state index in [0.29, 0.717) is 12.2 Å². The highest BCUT2D eigenvalue weighted by molar-refractivity contribution is 6.08. The summed E-state index contributed by atoms with van der Waals surface area (Å²) in [4.78, 5) is 40.1. The zero-order valence-corrected chi connectivity index (χ0v) is 18.0. The van der Waals surface area contributed by atoms with Crippen molar-refractivity contribution in [3.8, 4) is 5.75 Å². The molecule has 5 rings (SSSR count). The molecule has 166 valence electrons. The van der Waals surface area contributed by atoms with E-state index in [1.807, 2.05) is 24.3 Å². The highest BCUT2D eigenvalue weighted by Crippen LogP contribution is 2.47. The minimum Gasteiger partial charge on any atom is -0.497 e. The molecule has 0 bridgehead atoms. The van der Waals surface area contributed by atoms with Gasteiger partial charge in [-0.25, -0.2) is 5.01 Å². The van der Waals surface area contributed by atoms with Gasteiger partial charge in [-0.15, -0.1) is 0 Å². The largest absolute Gasteiger partial charge is 0.497 e. The molecule has 1 saturated carbocycles. The molecule has 1 saturated heterocycles. The maximum atomic E-state index is 13.3. The van der Waals surface area contributed by atoms with Crippen LogP contribution in [0, 0.1) is 5.41 Å². The Morgan fingerprint density at radius 2 is 1.94 bits per heavy atom. The van der Waals surface area contributed by atoms with Gasteiger partial charge >= 0.3 is 0 Å². The molecule has 3 amide bonds. The summed E-state index contributed by atoms with van der Waals surface area (Å²) in [6.45, 7) is -0.296. The van der Waals surface area contributed by atoms with E-state index >= 15 is 0 Å². The van der Waals surface area contributed by atoms with E-state index in [0.717, 1.165) is 47.6 Å². The van der Waals surface area contributed by atoms with Gasteiger partial charge in [-0.1, -0.05) is 12.8 Å². The minimum atomic E-state index is -0.597. The van der Waals surface area contributed by atoms with Crippen LogP contribution in [0.4, 0.5) is 0 Å². The molecule has 0 unspecified atom stereocenters. The third-order valence-electron chi connectivity index (χ3n) is 6.80. The molecule has 3 heterocycles. The zero-order valence-electron chi connectivity index (χ0n) is 18.0. The molecule has 2 aliphatic heterocycles. The summed E-state index contributed by atoms with van der Waals surface area (Å²) in [6, 6.07) is 10.6. The number of imide groups is 1. The van der Waals surface area contributed by atoms with Crippen LogP contribution in [0.15, 0.2) is 52.2 Å². The number of carbonyl (C=O) groups excluding carboxylic acids is 3. The summed E-state index contributed by atoms with van der Waals surface area (Å²) in [6.07, 6.45) is 5.58. The number of hydrogen-bond acceptors (Lipinski definition) is 6. The fraction of sp³-hybridized carbons (Fsp3) is 0.417. The third-order valence-corrected chi connectivity index (χ3v) is 6.80. The van der Waals surface area contributed by atoms with Gasteiger partial charge in [0.25, 0.3) is 5.91 Å². The number of rotatable bonds is 5. The van der Waals surface area contributed by atoms with E-state index in [1.165, 1.54) is 5.01 Å². The monoisotopic (exact) mass is 435 g/mol. The van der Waals surface area contributed by atoms with Gasteiger partial charge in [0, 0.05) is 12.8 Å². The molecule has 1 aliphatic carbocycles. The Kier molecular flexibility index (Phi) is 5.07. The van der Waals surface area contributed by atoms with Crippen LogP contribution in [0.5, 0.6) is 5.75 Å². The van der Waals surface area contributed by atoms with E-state index in [4.69, 9.17) is 9.15 Å². The van der Waals surface area contributed by atoms with E-state index in [2.05, 4.69) is 5.10 Å². The lowest BCUT2D eigenvalue weighted by molar-refractivity contribution is -0.148. The topological polar surface area (TPSA) is 92.4 Å². The number of furan rings is 1. The molecule has 32 heavy (non-hydrogen) atoms. The van der Waals surface area contributed by atoms with Gasteiger partial charge in [0.15, 0.2) is 0 Å². The minimum absolute atomic E-state index is 0.207. The van der Waals surface area contributed by atoms with Crippen LogP contribution in [0.1, 0.15) is 55.9 Å². The van der Waals surface area contributed by atoms with Crippen LogP contribution < -0.4 is 4.74 Å². The number of amides is 3. The highest BCUT2D eigenvalue weighted by Gasteiger charge is 2.53. The maximum Gasteiger partial charge on any atom is 0.263 e. The first-order valence-electron chi connectivity index (χ1n) is 10.9. The number of ether oxygens (including phenoxy) is 1. The zero-order chi connectivity index (χ0) is 22.3. The first kappa shape index (κ1) is 20.5. The molecule has 0 N–H and O–H groups in total. The van der Waals surface area contributed by atoms with Crippen LogP contribution in [0.3, 0.4) is 0 Å². The van der Waals surface area contributed by atoms with Crippen molar-refractivity contribution in [2.75, 3.05) is 13.7 Å². The van der Waals surface area contributed by atoms with Crippen molar-refractivity contribution in [3.63, 3.8) is 0 Å². The molecule has 1 aromatic carbocycles. The Balaban J connectivity index is 1.39. The number of carbonyl (C=O) groups is 3. The van der Waals surface area contributed by atoms with Gasteiger partial charge < -0.3 is 9.15 Å². The number of hydrazone groups is 1. The van der Waals surface area contributed by atoms with Crippen molar-refractivity contribution in [2.45, 2.75) is 44.6 Å². The van der Waals surface area contributed by atoms with Gasteiger partial charge in [-0.2, -0.15) is 5.10 Å². The van der Waals surface area contributed by atoms with Crippen LogP contribution >= 0.6 is 0 Å². The lowest BCUT2D eigenvalue weighted by Crippen LogP contribution is -2.42. The first-order chi connectivity index (χ1) is 15.5. The van der Waals surface area contributed by atoms with E-state index in [1.54, 1.807) is 25.5 Å². The summed E-state index contributed by atoms with van der Waals surface area (Å²) in [7, 11) is 1.60. The van der Waals surface area contributed by atoms with Crippen LogP contribution in [0.2, 0.25) is 0 Å². The van der Waals surface area contributed by atoms with Gasteiger partial charge in [-0.05, 0) is 54.8 Å². The standard InChI is InChI=1S/C24H25N3O5/c1-31-17-8-6-16(7-9-17)18-13-19(20-5-4-12-32-20)27(25-18)22(29)15-26-21(28)14-24(23(26)30)10-2-3-11-24/h4-9,12,19H,2-3,10-11,13-15H2,1H3/t19-/m1/s1. The van der Waals surface area contributed by atoms with Gasteiger partial charge in [0.1, 0.15) is 24.1 Å². The van der Waals surface area contributed by atoms with Crippen molar-refractivity contribution in [2.24, 2.45) is 10.5 Å². The predicted octanol–water partition coefficient (Wildman–Crippen LogP) is 3.29. The summed E-state index contributed by atoms with van der Waals surface area (Å²) in [5.74, 6) is 0.471. The normalized spacial score (nSPS) is 22.2. The van der Waals surface area contributed by atoms with E-state index in [9.17, 15) is 14.4 Å². The number of hydrogen-bond donors (Lipinski definition) is 0. The van der Waals surface area contributed by atoms with Crippen molar-refractivity contribution in [1.82, 2.24) is 9.91 Å². The number of methoxy groups -OCH3 is 1. The fourth-order valence-electron chi connectivity index (χ4n) is 5.07. The highest BCUT2D eigenvalue weighted by atomic mass is 16.5. The lowest BCUT2D eigenvalue weighted by Gasteiger charge is -2.24. The molecule has 1 spiro atoms. The molecular weight excluding hydrogens is 410 g/mol. The third kappa shape index (κ3) is 3.39. The van der Waals surface area contributed by atoms with Crippen LogP contribution in [0.25, 0.3) is 0 Å². The first-order valence-corrected chi connectivity index (χ1v) is 10.9. The maximum absolute atomic E-state index is 13.3. The van der Waals surface area contributed by atoms with Gasteiger partial charge in [0.05, 0.1) is 24.5 Å². The van der Waals surface area contributed by atoms with Gasteiger partial charge in [-0.3, -0.25) is 19.3 Å². The second kappa shape index (κ2) is 7.93. The summed E-state index contributed by atoms with van der Waals surface area (Å²) >= 11 is 0. The lowest BCUT2D eigenvalue weighted by atomic mass is 9.84. The number of likely N-dealkylation sites (tertiary alicyclic amines) is 1. The fourth-order valence-corrected chi connectivity index (χ4v) is 5.07. The smallest absolute Gasteiger partial charge is 0.263 e.